The van der Waals surface area contributed by atoms with Crippen LogP contribution in [0.2, 0.25) is 0 Å². The van der Waals surface area contributed by atoms with Crippen molar-refractivity contribution in [3.05, 3.63) is 23.9 Å². The SMILES string of the molecule is CN=C(NCCOC)NCc1ccc(OC2CCCCC2)nc1.I. The van der Waals surface area contributed by atoms with Gasteiger partial charge >= 0.3 is 0 Å². The van der Waals surface area contributed by atoms with Crippen LogP contribution in [0.5, 0.6) is 5.88 Å². The topological polar surface area (TPSA) is 67.8 Å². The first-order valence-corrected chi connectivity index (χ1v) is 8.37. The second-order valence-corrected chi connectivity index (χ2v) is 5.73. The zero-order chi connectivity index (χ0) is 16.3. The van der Waals surface area contributed by atoms with E-state index in [-0.39, 0.29) is 24.0 Å². The predicted molar refractivity (Wildman–Crippen MR) is 107 cm³/mol. The van der Waals surface area contributed by atoms with E-state index < -0.39 is 0 Å². The largest absolute Gasteiger partial charge is 0.474 e. The van der Waals surface area contributed by atoms with Gasteiger partial charge in [-0.25, -0.2) is 4.98 Å². The minimum atomic E-state index is 0. The standard InChI is InChI=1S/C17H28N4O2.HI/c1-18-17(19-10-11-22-2)21-13-14-8-9-16(20-12-14)23-15-6-4-3-5-7-15;/h8-9,12,15H,3-7,10-11,13H2,1-2H3,(H2,18,19,21);1H. The Kier molecular flexibility index (Phi) is 10.7. The highest BCUT2D eigenvalue weighted by Crippen LogP contribution is 2.22. The van der Waals surface area contributed by atoms with Crippen molar-refractivity contribution in [1.82, 2.24) is 15.6 Å². The number of rotatable bonds is 7. The summed E-state index contributed by atoms with van der Waals surface area (Å²) in [5.41, 5.74) is 1.09. The van der Waals surface area contributed by atoms with Gasteiger partial charge in [0.05, 0.1) is 6.61 Å². The molecule has 6 nitrogen and oxygen atoms in total. The molecular weight excluding hydrogens is 419 g/mol. The van der Waals surface area contributed by atoms with E-state index >= 15 is 0 Å². The van der Waals surface area contributed by atoms with Gasteiger partial charge in [-0.1, -0.05) is 12.5 Å². The van der Waals surface area contributed by atoms with Crippen molar-refractivity contribution in [3.8, 4) is 5.88 Å². The second-order valence-electron chi connectivity index (χ2n) is 5.73. The summed E-state index contributed by atoms with van der Waals surface area (Å²) in [6.07, 6.45) is 8.35. The summed E-state index contributed by atoms with van der Waals surface area (Å²) >= 11 is 0. The van der Waals surface area contributed by atoms with E-state index in [1.165, 1.54) is 19.3 Å². The molecule has 1 saturated carbocycles. The molecule has 1 fully saturated rings. The first kappa shape index (κ1) is 21.0. The molecule has 0 radical (unpaired) electrons. The van der Waals surface area contributed by atoms with Gasteiger partial charge in [0.2, 0.25) is 5.88 Å². The Morgan fingerprint density at radius 1 is 1.25 bits per heavy atom. The van der Waals surface area contributed by atoms with Gasteiger partial charge in [0.15, 0.2) is 5.96 Å². The fourth-order valence-corrected chi connectivity index (χ4v) is 2.62. The molecule has 2 rings (SSSR count). The van der Waals surface area contributed by atoms with Crippen molar-refractivity contribution < 1.29 is 9.47 Å². The molecule has 0 aromatic carbocycles. The number of guanidine groups is 1. The van der Waals surface area contributed by atoms with Crippen LogP contribution < -0.4 is 15.4 Å². The highest BCUT2D eigenvalue weighted by Gasteiger charge is 2.15. The predicted octanol–water partition coefficient (Wildman–Crippen LogP) is 2.72. The zero-order valence-electron chi connectivity index (χ0n) is 14.6. The van der Waals surface area contributed by atoms with Crippen molar-refractivity contribution in [2.75, 3.05) is 27.3 Å². The van der Waals surface area contributed by atoms with Gasteiger partial charge < -0.3 is 20.1 Å². The fraction of sp³-hybridized carbons (Fsp3) is 0.647. The summed E-state index contributed by atoms with van der Waals surface area (Å²) in [6.45, 7) is 2.04. The van der Waals surface area contributed by atoms with E-state index in [4.69, 9.17) is 9.47 Å². The molecule has 1 aromatic heterocycles. The molecule has 1 aliphatic carbocycles. The summed E-state index contributed by atoms with van der Waals surface area (Å²) in [4.78, 5) is 8.57. The smallest absolute Gasteiger partial charge is 0.213 e. The van der Waals surface area contributed by atoms with Gasteiger partial charge in [-0.05, 0) is 31.2 Å². The lowest BCUT2D eigenvalue weighted by molar-refractivity contribution is 0.148. The third-order valence-corrected chi connectivity index (χ3v) is 3.92. The molecule has 0 spiro atoms. The van der Waals surface area contributed by atoms with Crippen molar-refractivity contribution in [2.24, 2.45) is 4.99 Å². The maximum atomic E-state index is 5.94. The quantitative estimate of drug-likeness (QED) is 0.291. The van der Waals surface area contributed by atoms with Gasteiger partial charge in [0.25, 0.3) is 0 Å². The summed E-state index contributed by atoms with van der Waals surface area (Å²) < 4.78 is 10.9. The minimum absolute atomic E-state index is 0. The Balaban J connectivity index is 0.00000288. The van der Waals surface area contributed by atoms with Crippen LogP contribution in [0.3, 0.4) is 0 Å². The molecule has 1 aromatic rings. The molecule has 0 atom stereocenters. The second kappa shape index (κ2) is 12.3. The molecular formula is C17H29IN4O2. The summed E-state index contributed by atoms with van der Waals surface area (Å²) in [5, 5.41) is 6.42. The summed E-state index contributed by atoms with van der Waals surface area (Å²) in [7, 11) is 3.43. The summed E-state index contributed by atoms with van der Waals surface area (Å²) in [5.74, 6) is 1.48. The van der Waals surface area contributed by atoms with Gasteiger partial charge in [-0.3, -0.25) is 4.99 Å². The van der Waals surface area contributed by atoms with Crippen LogP contribution in [-0.4, -0.2) is 44.4 Å². The lowest BCUT2D eigenvalue weighted by Gasteiger charge is -2.22. The number of aliphatic imine (C=N–C) groups is 1. The molecule has 1 aliphatic rings. The van der Waals surface area contributed by atoms with Crippen LogP contribution in [-0.2, 0) is 11.3 Å². The van der Waals surface area contributed by atoms with Crippen LogP contribution in [0.25, 0.3) is 0 Å². The minimum Gasteiger partial charge on any atom is -0.474 e. The van der Waals surface area contributed by atoms with Gasteiger partial charge in [-0.2, -0.15) is 0 Å². The monoisotopic (exact) mass is 448 g/mol. The van der Waals surface area contributed by atoms with Crippen LogP contribution >= 0.6 is 24.0 Å². The van der Waals surface area contributed by atoms with Crippen molar-refractivity contribution in [1.29, 1.82) is 0 Å². The van der Waals surface area contributed by atoms with Crippen LogP contribution in [0.4, 0.5) is 0 Å². The van der Waals surface area contributed by atoms with E-state index in [2.05, 4.69) is 20.6 Å². The Bertz CT molecular complexity index is 476. The third-order valence-electron chi connectivity index (χ3n) is 3.92. The van der Waals surface area contributed by atoms with Crippen LogP contribution in [0.15, 0.2) is 23.3 Å². The Labute approximate surface area is 161 Å². The van der Waals surface area contributed by atoms with E-state index in [1.54, 1.807) is 14.2 Å². The number of aromatic nitrogens is 1. The zero-order valence-corrected chi connectivity index (χ0v) is 16.9. The third kappa shape index (κ3) is 7.65. The summed E-state index contributed by atoms with van der Waals surface area (Å²) in [6, 6.07) is 3.99. The van der Waals surface area contributed by atoms with Crippen LogP contribution in [0.1, 0.15) is 37.7 Å². The van der Waals surface area contributed by atoms with E-state index in [0.29, 0.717) is 19.3 Å². The normalized spacial score (nSPS) is 15.5. The highest BCUT2D eigenvalue weighted by molar-refractivity contribution is 14.0. The highest BCUT2D eigenvalue weighted by atomic mass is 127. The number of nitrogens with one attached hydrogen (secondary N) is 2. The Morgan fingerprint density at radius 3 is 2.67 bits per heavy atom. The molecule has 0 saturated heterocycles. The van der Waals surface area contributed by atoms with E-state index in [1.807, 2.05) is 18.3 Å². The number of methoxy groups -OCH3 is 1. The molecule has 24 heavy (non-hydrogen) atoms. The maximum absolute atomic E-state index is 5.94. The first-order valence-electron chi connectivity index (χ1n) is 8.37. The average Bonchev–Trinajstić information content (AvgIpc) is 2.60. The number of nitrogens with zero attached hydrogens (tertiary/aromatic N) is 2. The Morgan fingerprint density at radius 2 is 2.04 bits per heavy atom. The number of ether oxygens (including phenoxy) is 2. The van der Waals surface area contributed by atoms with Gasteiger partial charge in [0.1, 0.15) is 6.10 Å². The number of hydrogen-bond donors (Lipinski definition) is 2. The number of halogens is 1. The van der Waals surface area contributed by atoms with E-state index in [0.717, 1.165) is 36.8 Å². The van der Waals surface area contributed by atoms with Crippen molar-refractivity contribution in [2.45, 2.75) is 44.8 Å². The van der Waals surface area contributed by atoms with Gasteiger partial charge in [0, 0.05) is 39.5 Å². The molecule has 0 bridgehead atoms. The lowest BCUT2D eigenvalue weighted by Crippen LogP contribution is -2.38. The maximum Gasteiger partial charge on any atom is 0.213 e. The molecule has 7 heteroatoms. The van der Waals surface area contributed by atoms with E-state index in [9.17, 15) is 0 Å². The molecule has 1 heterocycles. The molecule has 0 aliphatic heterocycles. The van der Waals surface area contributed by atoms with Crippen LogP contribution in [0, 0.1) is 0 Å². The number of hydrogen-bond acceptors (Lipinski definition) is 4. The molecule has 2 N–H and O–H groups in total. The molecule has 136 valence electrons. The van der Waals surface area contributed by atoms with Gasteiger partial charge in [-0.15, -0.1) is 24.0 Å². The lowest BCUT2D eigenvalue weighted by atomic mass is 9.98. The molecule has 0 unspecified atom stereocenters. The molecule has 0 amide bonds. The first-order chi connectivity index (χ1) is 11.3. The average molecular weight is 448 g/mol. The Hall–Kier alpha value is -1.09. The fourth-order valence-electron chi connectivity index (χ4n) is 2.62. The van der Waals surface area contributed by atoms with Crippen molar-refractivity contribution >= 4 is 29.9 Å². The number of pyridine rings is 1. The van der Waals surface area contributed by atoms with Crippen molar-refractivity contribution in [3.63, 3.8) is 0 Å².